The number of rotatable bonds is 4. The fraction of sp³-hybridized carbons (Fsp3) is 0.364. The molecule has 0 atom stereocenters. The minimum absolute atomic E-state index is 0.194. The Labute approximate surface area is 103 Å². The van der Waals surface area contributed by atoms with E-state index in [1.807, 2.05) is 0 Å². The summed E-state index contributed by atoms with van der Waals surface area (Å²) in [4.78, 5) is 25.7. The maximum Gasteiger partial charge on any atom is 0.354 e. The Bertz CT molecular complexity index is 445. The lowest BCUT2D eigenvalue weighted by Gasteiger charge is -2.12. The van der Waals surface area contributed by atoms with Gasteiger partial charge in [-0.1, -0.05) is 25.4 Å². The lowest BCUT2D eigenvalue weighted by Crippen LogP contribution is -2.15. The monoisotopic (exact) mass is 257 g/mol. The third kappa shape index (κ3) is 2.39. The van der Waals surface area contributed by atoms with Crippen molar-refractivity contribution in [1.82, 2.24) is 4.98 Å². The summed E-state index contributed by atoms with van der Waals surface area (Å²) in [7, 11) is 0. The second-order valence-corrected chi connectivity index (χ2v) is 3.78. The number of aromatic nitrogens is 1. The van der Waals surface area contributed by atoms with Crippen LogP contribution in [-0.2, 0) is 12.8 Å². The van der Waals surface area contributed by atoms with E-state index in [-0.39, 0.29) is 16.4 Å². The van der Waals surface area contributed by atoms with E-state index in [0.717, 1.165) is 0 Å². The van der Waals surface area contributed by atoms with Crippen molar-refractivity contribution < 1.29 is 19.8 Å². The first-order valence-corrected chi connectivity index (χ1v) is 5.49. The molecule has 0 saturated carbocycles. The molecule has 1 rings (SSSR count). The van der Waals surface area contributed by atoms with E-state index < -0.39 is 11.9 Å². The highest BCUT2D eigenvalue weighted by Gasteiger charge is 2.23. The Kier molecular flexibility index (Phi) is 4.07. The molecule has 0 unspecified atom stereocenters. The Hall–Kier alpha value is -1.62. The first kappa shape index (κ1) is 13.4. The Morgan fingerprint density at radius 2 is 1.41 bits per heavy atom. The largest absolute Gasteiger partial charge is 0.477 e. The number of aromatic carboxylic acids is 2. The summed E-state index contributed by atoms with van der Waals surface area (Å²) < 4.78 is 0. The van der Waals surface area contributed by atoms with Crippen LogP contribution in [0.2, 0.25) is 5.02 Å². The summed E-state index contributed by atoms with van der Waals surface area (Å²) in [5.74, 6) is -2.54. The van der Waals surface area contributed by atoms with Gasteiger partial charge >= 0.3 is 11.9 Å². The van der Waals surface area contributed by atoms with Crippen LogP contribution >= 0.6 is 11.6 Å². The number of carboxylic acid groups (broad SMARTS) is 2. The molecule has 6 heteroatoms. The van der Waals surface area contributed by atoms with Gasteiger partial charge in [0.15, 0.2) is 11.4 Å². The second-order valence-electron chi connectivity index (χ2n) is 3.40. The van der Waals surface area contributed by atoms with Gasteiger partial charge in [-0.15, -0.1) is 0 Å². The highest BCUT2D eigenvalue weighted by atomic mass is 35.5. The molecule has 0 aliphatic carbocycles. The summed E-state index contributed by atoms with van der Waals surface area (Å²) in [6, 6.07) is 0. The lowest BCUT2D eigenvalue weighted by atomic mass is 10.0. The maximum absolute atomic E-state index is 11.0. The van der Waals surface area contributed by atoms with Crippen molar-refractivity contribution in [2.24, 2.45) is 0 Å². The molecule has 0 aliphatic heterocycles. The lowest BCUT2D eigenvalue weighted by molar-refractivity contribution is 0.0683. The number of nitrogens with zero attached hydrogens (tertiary/aromatic N) is 1. The maximum atomic E-state index is 11.0. The molecule has 0 aliphatic rings. The van der Waals surface area contributed by atoms with E-state index in [4.69, 9.17) is 21.8 Å². The Balaban J connectivity index is 3.66. The van der Waals surface area contributed by atoms with Gasteiger partial charge in [0.1, 0.15) is 0 Å². The zero-order valence-electron chi connectivity index (χ0n) is 9.45. The molecule has 2 N–H and O–H groups in total. The van der Waals surface area contributed by atoms with Gasteiger partial charge in [0.25, 0.3) is 0 Å². The molecule has 1 heterocycles. The molecule has 0 amide bonds. The summed E-state index contributed by atoms with van der Waals surface area (Å²) in [5, 5.41) is 18.1. The highest BCUT2D eigenvalue weighted by molar-refractivity contribution is 6.33. The van der Waals surface area contributed by atoms with Crippen molar-refractivity contribution in [3.8, 4) is 0 Å². The number of halogens is 1. The fourth-order valence-corrected chi connectivity index (χ4v) is 2.08. The zero-order valence-corrected chi connectivity index (χ0v) is 10.2. The minimum atomic E-state index is -1.27. The fourth-order valence-electron chi connectivity index (χ4n) is 1.64. The van der Waals surface area contributed by atoms with Crippen LogP contribution in [0.5, 0.6) is 0 Å². The molecule has 0 spiro atoms. The van der Waals surface area contributed by atoms with Crippen LogP contribution in [-0.4, -0.2) is 27.1 Å². The molecule has 1 aromatic heterocycles. The average molecular weight is 258 g/mol. The van der Waals surface area contributed by atoms with Gasteiger partial charge < -0.3 is 10.2 Å². The van der Waals surface area contributed by atoms with Crippen molar-refractivity contribution in [2.45, 2.75) is 26.7 Å². The summed E-state index contributed by atoms with van der Waals surface area (Å²) in [6.07, 6.45) is 0.779. The quantitative estimate of drug-likeness (QED) is 0.864. The minimum Gasteiger partial charge on any atom is -0.477 e. The molecule has 92 valence electrons. The standard InChI is InChI=1S/C11H12ClNO4/c1-3-5-7(12)6(4-2)9(11(16)17)13-8(5)10(14)15/h3-4H2,1-2H3,(H,14,15)(H,16,17). The SMILES string of the molecule is CCc1c(C(=O)O)nc(C(=O)O)c(CC)c1Cl. The number of carboxylic acids is 2. The number of hydrogen-bond donors (Lipinski definition) is 2. The summed E-state index contributed by atoms with van der Waals surface area (Å²) in [6.45, 7) is 3.49. The Morgan fingerprint density at radius 1 is 1.06 bits per heavy atom. The molecule has 0 radical (unpaired) electrons. The van der Waals surface area contributed by atoms with Gasteiger partial charge in [-0.2, -0.15) is 0 Å². The van der Waals surface area contributed by atoms with Gasteiger partial charge in [-0.25, -0.2) is 14.6 Å². The smallest absolute Gasteiger partial charge is 0.354 e. The molecule has 5 nitrogen and oxygen atoms in total. The van der Waals surface area contributed by atoms with Crippen LogP contribution in [0.25, 0.3) is 0 Å². The average Bonchev–Trinajstić information content (AvgIpc) is 2.27. The van der Waals surface area contributed by atoms with Crippen LogP contribution < -0.4 is 0 Å². The van der Waals surface area contributed by atoms with Gasteiger partial charge in [-0.3, -0.25) is 0 Å². The molecule has 17 heavy (non-hydrogen) atoms. The van der Waals surface area contributed by atoms with Gasteiger partial charge in [0.05, 0.1) is 5.02 Å². The second kappa shape index (κ2) is 5.14. The van der Waals surface area contributed by atoms with E-state index in [2.05, 4.69) is 4.98 Å². The third-order valence-electron chi connectivity index (χ3n) is 2.44. The van der Waals surface area contributed by atoms with Gasteiger partial charge in [0, 0.05) is 11.1 Å². The topological polar surface area (TPSA) is 87.5 Å². The highest BCUT2D eigenvalue weighted by Crippen LogP contribution is 2.27. The Morgan fingerprint density at radius 3 is 1.65 bits per heavy atom. The van der Waals surface area contributed by atoms with Crippen LogP contribution in [0.1, 0.15) is 46.0 Å². The van der Waals surface area contributed by atoms with Crippen molar-refractivity contribution >= 4 is 23.5 Å². The van der Waals surface area contributed by atoms with E-state index in [1.54, 1.807) is 13.8 Å². The molecule has 0 fully saturated rings. The third-order valence-corrected chi connectivity index (χ3v) is 2.89. The van der Waals surface area contributed by atoms with Crippen molar-refractivity contribution in [1.29, 1.82) is 0 Å². The van der Waals surface area contributed by atoms with Crippen molar-refractivity contribution in [3.05, 3.63) is 27.5 Å². The van der Waals surface area contributed by atoms with E-state index in [1.165, 1.54) is 0 Å². The van der Waals surface area contributed by atoms with Crippen molar-refractivity contribution in [2.75, 3.05) is 0 Å². The van der Waals surface area contributed by atoms with Crippen LogP contribution in [0.15, 0.2) is 0 Å². The molecule has 0 aromatic carbocycles. The van der Waals surface area contributed by atoms with E-state index in [0.29, 0.717) is 24.0 Å². The molecular formula is C11H12ClNO4. The molecule has 0 saturated heterocycles. The number of carbonyl (C=O) groups is 2. The van der Waals surface area contributed by atoms with E-state index >= 15 is 0 Å². The first-order valence-electron chi connectivity index (χ1n) is 5.11. The summed E-state index contributed by atoms with van der Waals surface area (Å²) in [5.41, 5.74) is 0.182. The molecule has 1 aromatic rings. The number of hydrogen-bond acceptors (Lipinski definition) is 3. The predicted octanol–water partition coefficient (Wildman–Crippen LogP) is 2.26. The van der Waals surface area contributed by atoms with Crippen molar-refractivity contribution in [3.63, 3.8) is 0 Å². The van der Waals surface area contributed by atoms with Gasteiger partial charge in [-0.05, 0) is 12.8 Å². The normalized spacial score (nSPS) is 10.3. The van der Waals surface area contributed by atoms with Crippen LogP contribution in [0, 0.1) is 0 Å². The van der Waals surface area contributed by atoms with Gasteiger partial charge in [0.2, 0.25) is 0 Å². The first-order chi connectivity index (χ1) is 7.93. The van der Waals surface area contributed by atoms with E-state index in [9.17, 15) is 9.59 Å². The predicted molar refractivity (Wildman–Crippen MR) is 61.9 cm³/mol. The molecular weight excluding hydrogens is 246 g/mol. The zero-order chi connectivity index (χ0) is 13.2. The molecule has 0 bridgehead atoms. The summed E-state index contributed by atoms with van der Waals surface area (Å²) >= 11 is 6.04. The van der Waals surface area contributed by atoms with Crippen LogP contribution in [0.3, 0.4) is 0 Å². The number of pyridine rings is 1. The van der Waals surface area contributed by atoms with Crippen LogP contribution in [0.4, 0.5) is 0 Å².